The van der Waals surface area contributed by atoms with Crippen molar-refractivity contribution in [3.8, 4) is 11.3 Å². The fraction of sp³-hybridized carbons (Fsp3) is 0.292. The summed E-state index contributed by atoms with van der Waals surface area (Å²) < 4.78 is 10.5. The fourth-order valence-electron chi connectivity index (χ4n) is 3.59. The van der Waals surface area contributed by atoms with Gasteiger partial charge in [-0.1, -0.05) is 12.1 Å². The molecule has 0 aliphatic carbocycles. The van der Waals surface area contributed by atoms with Gasteiger partial charge in [0.1, 0.15) is 6.04 Å². The van der Waals surface area contributed by atoms with Gasteiger partial charge in [0.05, 0.1) is 25.5 Å². The molecule has 0 bridgehead atoms. The number of hydrogen-bond donors (Lipinski definition) is 3. The number of ether oxygens (including phenoxy) is 2. The molecular weight excluding hydrogens is 420 g/mol. The zero-order chi connectivity index (χ0) is 23.0. The highest BCUT2D eigenvalue weighted by atomic mass is 16.5. The van der Waals surface area contributed by atoms with Gasteiger partial charge in [0.15, 0.2) is 0 Å². The molecule has 9 heteroatoms. The molecule has 0 saturated carbocycles. The van der Waals surface area contributed by atoms with E-state index in [4.69, 9.17) is 15.2 Å². The standard InChI is InChI=1S/C24H28N6O3/c1-32-16-22(23(25)31)27-18-4-2-17(3-5-18)21-10-11-26-24(29-21)28-19-6-8-20(9-7-19)30-12-14-33-15-13-30/h2-11,22,27H,12-16H2,1H3,(H2,25,31)(H,26,28,29)/t22-/m0/s1. The third kappa shape index (κ3) is 5.97. The normalized spacial score (nSPS) is 14.5. The number of nitrogens with zero attached hydrogens (tertiary/aromatic N) is 3. The van der Waals surface area contributed by atoms with Crippen LogP contribution in [0.1, 0.15) is 0 Å². The second kappa shape index (κ2) is 10.8. The number of benzene rings is 2. The van der Waals surface area contributed by atoms with Gasteiger partial charge in [-0.15, -0.1) is 0 Å². The number of nitrogens with one attached hydrogen (secondary N) is 2. The van der Waals surface area contributed by atoms with Crippen LogP contribution in [0.5, 0.6) is 0 Å². The van der Waals surface area contributed by atoms with Crippen LogP contribution in [-0.4, -0.2) is 61.9 Å². The molecule has 172 valence electrons. The molecule has 0 spiro atoms. The Morgan fingerprint density at radius 1 is 1.09 bits per heavy atom. The number of aromatic nitrogens is 2. The van der Waals surface area contributed by atoms with E-state index in [0.717, 1.165) is 48.9 Å². The van der Waals surface area contributed by atoms with Crippen molar-refractivity contribution < 1.29 is 14.3 Å². The van der Waals surface area contributed by atoms with Crippen LogP contribution in [0.2, 0.25) is 0 Å². The Morgan fingerprint density at radius 3 is 2.45 bits per heavy atom. The third-order valence-electron chi connectivity index (χ3n) is 5.35. The van der Waals surface area contributed by atoms with E-state index in [-0.39, 0.29) is 6.61 Å². The maximum atomic E-state index is 11.5. The summed E-state index contributed by atoms with van der Waals surface area (Å²) >= 11 is 0. The fourth-order valence-corrected chi connectivity index (χ4v) is 3.59. The van der Waals surface area contributed by atoms with E-state index in [1.165, 1.54) is 12.8 Å². The summed E-state index contributed by atoms with van der Waals surface area (Å²) in [5.41, 5.74) is 9.98. The largest absolute Gasteiger partial charge is 0.382 e. The Morgan fingerprint density at radius 2 is 1.79 bits per heavy atom. The molecule has 4 rings (SSSR count). The second-order valence-corrected chi connectivity index (χ2v) is 7.67. The van der Waals surface area contributed by atoms with Crippen molar-refractivity contribution in [2.45, 2.75) is 6.04 Å². The van der Waals surface area contributed by atoms with E-state index in [1.807, 2.05) is 42.5 Å². The van der Waals surface area contributed by atoms with Crippen molar-refractivity contribution in [1.82, 2.24) is 9.97 Å². The van der Waals surface area contributed by atoms with Gasteiger partial charge >= 0.3 is 0 Å². The predicted molar refractivity (Wildman–Crippen MR) is 129 cm³/mol. The van der Waals surface area contributed by atoms with Gasteiger partial charge in [-0.3, -0.25) is 4.79 Å². The number of methoxy groups -OCH3 is 1. The van der Waals surface area contributed by atoms with Gasteiger partial charge in [-0.25, -0.2) is 9.97 Å². The SMILES string of the molecule is COC[C@H](Nc1ccc(-c2ccnc(Nc3ccc(N4CCOCC4)cc3)n2)cc1)C(N)=O. The molecule has 4 N–H and O–H groups in total. The lowest BCUT2D eigenvalue weighted by molar-refractivity contribution is -0.119. The van der Waals surface area contributed by atoms with E-state index in [2.05, 4.69) is 37.6 Å². The van der Waals surface area contributed by atoms with Gasteiger partial charge in [0, 0.05) is 49.0 Å². The third-order valence-corrected chi connectivity index (χ3v) is 5.35. The van der Waals surface area contributed by atoms with Crippen molar-refractivity contribution in [3.05, 3.63) is 60.8 Å². The topological polar surface area (TPSA) is 115 Å². The van der Waals surface area contributed by atoms with Crippen LogP contribution in [0.4, 0.5) is 23.0 Å². The Labute approximate surface area is 192 Å². The van der Waals surface area contributed by atoms with Gasteiger partial charge < -0.3 is 30.7 Å². The summed E-state index contributed by atoms with van der Waals surface area (Å²) in [4.78, 5) is 22.8. The van der Waals surface area contributed by atoms with E-state index >= 15 is 0 Å². The van der Waals surface area contributed by atoms with E-state index in [0.29, 0.717) is 5.95 Å². The number of carbonyl (C=O) groups is 1. The Hall–Kier alpha value is -3.69. The summed E-state index contributed by atoms with van der Waals surface area (Å²) in [7, 11) is 1.53. The highest BCUT2D eigenvalue weighted by Crippen LogP contribution is 2.23. The minimum absolute atomic E-state index is 0.200. The molecule has 3 aromatic rings. The van der Waals surface area contributed by atoms with Crippen LogP contribution in [0.25, 0.3) is 11.3 Å². The minimum Gasteiger partial charge on any atom is -0.382 e. The number of hydrogen-bond acceptors (Lipinski definition) is 8. The van der Waals surface area contributed by atoms with Gasteiger partial charge in [0.25, 0.3) is 0 Å². The first-order chi connectivity index (χ1) is 16.1. The van der Waals surface area contributed by atoms with Crippen LogP contribution >= 0.6 is 0 Å². The van der Waals surface area contributed by atoms with Crippen molar-refractivity contribution >= 4 is 28.9 Å². The van der Waals surface area contributed by atoms with Gasteiger partial charge in [-0.05, 0) is 42.5 Å². The first-order valence-corrected chi connectivity index (χ1v) is 10.8. The number of anilines is 4. The zero-order valence-corrected chi connectivity index (χ0v) is 18.5. The molecule has 0 unspecified atom stereocenters. The average Bonchev–Trinajstić information content (AvgIpc) is 2.85. The molecule has 1 saturated heterocycles. The monoisotopic (exact) mass is 448 g/mol. The molecule has 1 aromatic heterocycles. The molecule has 9 nitrogen and oxygen atoms in total. The van der Waals surface area contributed by atoms with Crippen LogP contribution in [-0.2, 0) is 14.3 Å². The second-order valence-electron chi connectivity index (χ2n) is 7.67. The van der Waals surface area contributed by atoms with Gasteiger partial charge in [0.2, 0.25) is 11.9 Å². The number of morpholine rings is 1. The Bertz CT molecular complexity index is 1050. The lowest BCUT2D eigenvalue weighted by atomic mass is 10.1. The van der Waals surface area contributed by atoms with Crippen molar-refractivity contribution in [1.29, 1.82) is 0 Å². The summed E-state index contributed by atoms with van der Waals surface area (Å²) in [6.45, 7) is 3.53. The highest BCUT2D eigenvalue weighted by Gasteiger charge is 2.15. The van der Waals surface area contributed by atoms with Crippen molar-refractivity contribution in [3.63, 3.8) is 0 Å². The molecule has 2 heterocycles. The minimum atomic E-state index is -0.592. The van der Waals surface area contributed by atoms with Crippen molar-refractivity contribution in [2.75, 3.05) is 55.6 Å². The number of amides is 1. The molecule has 1 amide bonds. The summed E-state index contributed by atoms with van der Waals surface area (Å²) in [6, 6.07) is 17.1. The number of nitrogens with two attached hydrogens (primary N) is 1. The van der Waals surface area contributed by atoms with E-state index in [1.54, 1.807) is 6.20 Å². The van der Waals surface area contributed by atoms with Crippen molar-refractivity contribution in [2.24, 2.45) is 5.73 Å². The first kappa shape index (κ1) is 22.5. The predicted octanol–water partition coefficient (Wildman–Crippen LogP) is 2.64. The smallest absolute Gasteiger partial charge is 0.242 e. The summed E-state index contributed by atoms with van der Waals surface area (Å²) in [5, 5.41) is 6.34. The molecule has 0 radical (unpaired) electrons. The Balaban J connectivity index is 1.41. The number of carbonyl (C=O) groups excluding carboxylic acids is 1. The first-order valence-electron chi connectivity index (χ1n) is 10.8. The quantitative estimate of drug-likeness (QED) is 0.458. The average molecular weight is 449 g/mol. The summed E-state index contributed by atoms with van der Waals surface area (Å²) in [6.07, 6.45) is 1.72. The molecular formula is C24H28N6O3. The molecule has 1 aliphatic heterocycles. The Kier molecular flexibility index (Phi) is 7.33. The summed E-state index contributed by atoms with van der Waals surface area (Å²) in [5.74, 6) is 0.0492. The lowest BCUT2D eigenvalue weighted by Gasteiger charge is -2.28. The van der Waals surface area contributed by atoms with E-state index < -0.39 is 11.9 Å². The zero-order valence-electron chi connectivity index (χ0n) is 18.5. The van der Waals surface area contributed by atoms with Crippen LogP contribution in [0.3, 0.4) is 0 Å². The van der Waals surface area contributed by atoms with Crippen LogP contribution in [0, 0.1) is 0 Å². The number of primary amides is 1. The van der Waals surface area contributed by atoms with Gasteiger partial charge in [-0.2, -0.15) is 0 Å². The highest BCUT2D eigenvalue weighted by molar-refractivity contribution is 5.83. The maximum absolute atomic E-state index is 11.5. The van der Waals surface area contributed by atoms with Crippen LogP contribution < -0.4 is 21.3 Å². The number of rotatable bonds is 9. The van der Waals surface area contributed by atoms with Crippen LogP contribution in [0.15, 0.2) is 60.8 Å². The molecule has 1 fully saturated rings. The molecule has 2 aromatic carbocycles. The molecule has 1 atom stereocenters. The molecule has 33 heavy (non-hydrogen) atoms. The lowest BCUT2D eigenvalue weighted by Crippen LogP contribution is -2.38. The van der Waals surface area contributed by atoms with E-state index in [9.17, 15) is 4.79 Å². The maximum Gasteiger partial charge on any atom is 0.242 e. The molecule has 1 aliphatic rings.